The maximum atomic E-state index is 3.51. The first kappa shape index (κ1) is 9.91. The van der Waals surface area contributed by atoms with Gasteiger partial charge in [-0.15, -0.1) is 0 Å². The summed E-state index contributed by atoms with van der Waals surface area (Å²) in [5.41, 5.74) is 2.83. The summed E-state index contributed by atoms with van der Waals surface area (Å²) in [6.07, 6.45) is 4.54. The SMILES string of the molecule is CC1CC(c2cccc3cc[nH]c23)CCN1. The van der Waals surface area contributed by atoms with Crippen LogP contribution in [0.1, 0.15) is 31.2 Å². The zero-order valence-corrected chi connectivity index (χ0v) is 9.66. The lowest BCUT2D eigenvalue weighted by Gasteiger charge is -2.28. The number of benzene rings is 1. The van der Waals surface area contributed by atoms with Gasteiger partial charge in [-0.3, -0.25) is 0 Å². The van der Waals surface area contributed by atoms with E-state index in [-0.39, 0.29) is 0 Å². The predicted molar refractivity (Wildman–Crippen MR) is 67.7 cm³/mol. The van der Waals surface area contributed by atoms with Crippen LogP contribution in [0.4, 0.5) is 0 Å². The molecule has 0 bridgehead atoms. The molecule has 1 aromatic heterocycles. The molecule has 2 unspecified atom stereocenters. The van der Waals surface area contributed by atoms with Crippen LogP contribution >= 0.6 is 0 Å². The standard InChI is InChI=1S/C14H18N2/c1-10-9-12(6-7-15-10)13-4-2-3-11-5-8-16-14(11)13/h2-5,8,10,12,15-16H,6-7,9H2,1H3. The van der Waals surface area contributed by atoms with E-state index in [1.54, 1.807) is 0 Å². The third-order valence-corrected chi connectivity index (χ3v) is 3.68. The number of nitrogens with one attached hydrogen (secondary N) is 2. The lowest BCUT2D eigenvalue weighted by atomic mass is 9.86. The van der Waals surface area contributed by atoms with Crippen LogP contribution in [0.5, 0.6) is 0 Å². The van der Waals surface area contributed by atoms with Gasteiger partial charge >= 0.3 is 0 Å². The highest BCUT2D eigenvalue weighted by Gasteiger charge is 2.21. The van der Waals surface area contributed by atoms with Gasteiger partial charge < -0.3 is 10.3 Å². The van der Waals surface area contributed by atoms with Gasteiger partial charge in [0.1, 0.15) is 0 Å². The van der Waals surface area contributed by atoms with E-state index in [1.807, 2.05) is 6.20 Å². The average molecular weight is 214 g/mol. The second-order valence-electron chi connectivity index (χ2n) is 4.87. The highest BCUT2D eigenvalue weighted by molar-refractivity contribution is 5.83. The molecule has 2 nitrogen and oxygen atoms in total. The molecular weight excluding hydrogens is 196 g/mol. The number of para-hydroxylation sites is 1. The third-order valence-electron chi connectivity index (χ3n) is 3.68. The Morgan fingerprint density at radius 3 is 3.06 bits per heavy atom. The molecule has 0 radical (unpaired) electrons. The van der Waals surface area contributed by atoms with Crippen LogP contribution < -0.4 is 5.32 Å². The molecule has 0 aliphatic carbocycles. The van der Waals surface area contributed by atoms with Crippen LogP contribution in [0, 0.1) is 0 Å². The second-order valence-corrected chi connectivity index (χ2v) is 4.87. The summed E-state index contributed by atoms with van der Waals surface area (Å²) in [6, 6.07) is 9.44. The van der Waals surface area contributed by atoms with Crippen molar-refractivity contribution in [1.82, 2.24) is 10.3 Å². The smallest absolute Gasteiger partial charge is 0.0489 e. The first-order valence-electron chi connectivity index (χ1n) is 6.14. The first-order valence-corrected chi connectivity index (χ1v) is 6.14. The highest BCUT2D eigenvalue weighted by atomic mass is 14.9. The molecule has 2 N–H and O–H groups in total. The van der Waals surface area contributed by atoms with Gasteiger partial charge in [0, 0.05) is 17.8 Å². The molecule has 2 heteroatoms. The molecule has 2 atom stereocenters. The van der Waals surface area contributed by atoms with Gasteiger partial charge in [0.25, 0.3) is 0 Å². The number of piperidine rings is 1. The fraction of sp³-hybridized carbons (Fsp3) is 0.429. The van der Waals surface area contributed by atoms with Gasteiger partial charge in [0.05, 0.1) is 0 Å². The largest absolute Gasteiger partial charge is 0.361 e. The molecule has 16 heavy (non-hydrogen) atoms. The van der Waals surface area contributed by atoms with Crippen LogP contribution in [-0.4, -0.2) is 17.6 Å². The Morgan fingerprint density at radius 2 is 2.19 bits per heavy atom. The maximum absolute atomic E-state index is 3.51. The van der Waals surface area contributed by atoms with Gasteiger partial charge in [-0.25, -0.2) is 0 Å². The number of rotatable bonds is 1. The van der Waals surface area contributed by atoms with Crippen molar-refractivity contribution in [2.45, 2.75) is 31.7 Å². The van der Waals surface area contributed by atoms with Gasteiger partial charge in [-0.05, 0) is 49.2 Å². The van der Waals surface area contributed by atoms with Crippen molar-refractivity contribution in [2.24, 2.45) is 0 Å². The van der Waals surface area contributed by atoms with Crippen LogP contribution in [-0.2, 0) is 0 Å². The number of fused-ring (bicyclic) bond motifs is 1. The Morgan fingerprint density at radius 1 is 1.25 bits per heavy atom. The lowest BCUT2D eigenvalue weighted by molar-refractivity contribution is 0.382. The molecule has 1 fully saturated rings. The summed E-state index contributed by atoms with van der Waals surface area (Å²) in [7, 11) is 0. The molecule has 1 aromatic carbocycles. The van der Waals surface area contributed by atoms with Crippen molar-refractivity contribution in [1.29, 1.82) is 0 Å². The van der Waals surface area contributed by atoms with Gasteiger partial charge in [0.2, 0.25) is 0 Å². The van der Waals surface area contributed by atoms with Crippen LogP contribution in [0.3, 0.4) is 0 Å². The molecule has 1 saturated heterocycles. The van der Waals surface area contributed by atoms with E-state index >= 15 is 0 Å². The van der Waals surface area contributed by atoms with E-state index in [0.29, 0.717) is 12.0 Å². The van der Waals surface area contributed by atoms with E-state index in [0.717, 1.165) is 6.54 Å². The fourth-order valence-electron chi connectivity index (χ4n) is 2.86. The fourth-order valence-corrected chi connectivity index (χ4v) is 2.86. The molecule has 3 rings (SSSR count). The highest BCUT2D eigenvalue weighted by Crippen LogP contribution is 2.32. The number of aromatic amines is 1. The Labute approximate surface area is 96.1 Å². The Bertz CT molecular complexity index is 486. The third kappa shape index (κ3) is 1.63. The van der Waals surface area contributed by atoms with Crippen LogP contribution in [0.15, 0.2) is 30.5 Å². The van der Waals surface area contributed by atoms with E-state index in [4.69, 9.17) is 0 Å². The minimum Gasteiger partial charge on any atom is -0.361 e. The molecule has 2 aromatic rings. The lowest BCUT2D eigenvalue weighted by Crippen LogP contribution is -2.34. The Balaban J connectivity index is 2.01. The Hall–Kier alpha value is -1.28. The number of hydrogen-bond acceptors (Lipinski definition) is 1. The monoisotopic (exact) mass is 214 g/mol. The molecule has 1 aliphatic heterocycles. The topological polar surface area (TPSA) is 27.8 Å². The molecule has 0 spiro atoms. The average Bonchev–Trinajstić information content (AvgIpc) is 2.76. The Kier molecular flexibility index (Phi) is 2.44. The number of H-pyrrole nitrogens is 1. The summed E-state index contributed by atoms with van der Waals surface area (Å²) in [6.45, 7) is 3.42. The summed E-state index contributed by atoms with van der Waals surface area (Å²) in [4.78, 5) is 3.38. The van der Waals surface area contributed by atoms with Gasteiger partial charge in [-0.1, -0.05) is 18.2 Å². The zero-order chi connectivity index (χ0) is 11.0. The van der Waals surface area contributed by atoms with E-state index in [2.05, 4.69) is 41.5 Å². The summed E-state index contributed by atoms with van der Waals surface area (Å²) in [5.74, 6) is 0.707. The predicted octanol–water partition coefficient (Wildman–Crippen LogP) is 3.02. The summed E-state index contributed by atoms with van der Waals surface area (Å²) < 4.78 is 0. The van der Waals surface area contributed by atoms with Gasteiger partial charge in [-0.2, -0.15) is 0 Å². The number of aromatic nitrogens is 1. The molecule has 1 aliphatic rings. The summed E-state index contributed by atoms with van der Waals surface area (Å²) >= 11 is 0. The molecule has 84 valence electrons. The minimum absolute atomic E-state index is 0.643. The summed E-state index contributed by atoms with van der Waals surface area (Å²) in [5, 5.41) is 4.85. The number of hydrogen-bond donors (Lipinski definition) is 2. The van der Waals surface area contributed by atoms with Crippen molar-refractivity contribution in [3.05, 3.63) is 36.0 Å². The van der Waals surface area contributed by atoms with Crippen LogP contribution in [0.2, 0.25) is 0 Å². The van der Waals surface area contributed by atoms with Crippen molar-refractivity contribution in [2.75, 3.05) is 6.54 Å². The first-order chi connectivity index (χ1) is 7.84. The van der Waals surface area contributed by atoms with E-state index in [9.17, 15) is 0 Å². The van der Waals surface area contributed by atoms with Crippen molar-refractivity contribution >= 4 is 10.9 Å². The molecular formula is C14H18N2. The van der Waals surface area contributed by atoms with E-state index in [1.165, 1.54) is 29.3 Å². The zero-order valence-electron chi connectivity index (χ0n) is 9.66. The second kappa shape index (κ2) is 3.95. The van der Waals surface area contributed by atoms with Crippen molar-refractivity contribution in [3.8, 4) is 0 Å². The molecule has 0 saturated carbocycles. The van der Waals surface area contributed by atoms with Crippen molar-refractivity contribution in [3.63, 3.8) is 0 Å². The van der Waals surface area contributed by atoms with Crippen molar-refractivity contribution < 1.29 is 0 Å². The maximum Gasteiger partial charge on any atom is 0.0489 e. The van der Waals surface area contributed by atoms with Gasteiger partial charge in [0.15, 0.2) is 0 Å². The minimum atomic E-state index is 0.643. The van der Waals surface area contributed by atoms with Crippen LogP contribution in [0.25, 0.3) is 10.9 Å². The molecule has 2 heterocycles. The van der Waals surface area contributed by atoms with E-state index < -0.39 is 0 Å². The molecule has 0 amide bonds. The normalized spacial score (nSPS) is 26.1. The quantitative estimate of drug-likeness (QED) is 0.750.